The number of thioether (sulfide) groups is 1. The fourth-order valence-electron chi connectivity index (χ4n) is 1.94. The third-order valence-corrected chi connectivity index (χ3v) is 4.75. The standard InChI is InChI=1S/C15H8BrF6N3O3S/c1-28-11(26)4-10-12(27)24-13(29-10)25-23-5-6-2-8(15(20,21)22)9(16)3-7(6)14(17,18)19/h2-5H,1H3,(H,24,25,27)/b10-4+,23-5?. The highest BCUT2D eigenvalue weighted by Gasteiger charge is 2.38. The summed E-state index contributed by atoms with van der Waals surface area (Å²) < 4.78 is 81.9. The van der Waals surface area contributed by atoms with E-state index in [2.05, 4.69) is 36.2 Å². The van der Waals surface area contributed by atoms with Crippen molar-refractivity contribution in [1.29, 1.82) is 0 Å². The van der Waals surface area contributed by atoms with E-state index in [9.17, 15) is 35.9 Å². The molecule has 1 aromatic carbocycles. The molecule has 156 valence electrons. The van der Waals surface area contributed by atoms with Crippen LogP contribution in [0.1, 0.15) is 16.7 Å². The minimum absolute atomic E-state index is 0.107. The summed E-state index contributed by atoms with van der Waals surface area (Å²) in [5.41, 5.74) is -3.57. The molecule has 0 saturated carbocycles. The second-order valence-corrected chi connectivity index (χ2v) is 7.04. The van der Waals surface area contributed by atoms with Crippen molar-refractivity contribution in [3.8, 4) is 0 Å². The number of rotatable bonds is 3. The van der Waals surface area contributed by atoms with Crippen LogP contribution in [0.3, 0.4) is 0 Å². The molecule has 0 bridgehead atoms. The van der Waals surface area contributed by atoms with Gasteiger partial charge in [0.25, 0.3) is 5.91 Å². The van der Waals surface area contributed by atoms with Crippen LogP contribution in [-0.4, -0.2) is 30.4 Å². The Morgan fingerprint density at radius 2 is 1.79 bits per heavy atom. The lowest BCUT2D eigenvalue weighted by Gasteiger charge is -2.15. The van der Waals surface area contributed by atoms with E-state index in [1.807, 2.05) is 0 Å². The molecule has 1 saturated heterocycles. The fraction of sp³-hybridized carbons (Fsp3) is 0.200. The Morgan fingerprint density at radius 3 is 2.34 bits per heavy atom. The van der Waals surface area contributed by atoms with E-state index in [0.717, 1.165) is 13.2 Å². The highest BCUT2D eigenvalue weighted by molar-refractivity contribution is 9.10. The molecule has 1 aromatic rings. The summed E-state index contributed by atoms with van der Waals surface area (Å²) in [6.45, 7) is 0. The van der Waals surface area contributed by atoms with Crippen LogP contribution in [0.25, 0.3) is 0 Å². The number of alkyl halides is 6. The number of ether oxygens (including phenoxy) is 1. The number of hydrogen-bond donors (Lipinski definition) is 1. The number of carbonyl (C=O) groups excluding carboxylic acids is 2. The van der Waals surface area contributed by atoms with E-state index in [1.165, 1.54) is 0 Å². The molecule has 0 unspecified atom stereocenters. The number of nitrogens with one attached hydrogen (secondary N) is 1. The number of nitrogens with zero attached hydrogens (tertiary/aromatic N) is 2. The zero-order chi connectivity index (χ0) is 22.0. The van der Waals surface area contributed by atoms with Gasteiger partial charge in [-0.25, -0.2) is 4.79 Å². The van der Waals surface area contributed by atoms with E-state index < -0.39 is 45.4 Å². The second-order valence-electron chi connectivity index (χ2n) is 5.15. The van der Waals surface area contributed by atoms with Gasteiger partial charge in [-0.1, -0.05) is 15.9 Å². The smallest absolute Gasteiger partial charge is 0.417 e. The third kappa shape index (κ3) is 5.82. The van der Waals surface area contributed by atoms with Crippen molar-refractivity contribution in [2.24, 2.45) is 10.2 Å². The van der Waals surface area contributed by atoms with Crippen molar-refractivity contribution in [1.82, 2.24) is 5.32 Å². The van der Waals surface area contributed by atoms with Gasteiger partial charge in [0.05, 0.1) is 29.4 Å². The maximum atomic E-state index is 13.1. The average Bonchev–Trinajstić information content (AvgIpc) is 2.93. The van der Waals surface area contributed by atoms with Gasteiger partial charge in [0.2, 0.25) is 0 Å². The van der Waals surface area contributed by atoms with Crippen molar-refractivity contribution in [3.63, 3.8) is 0 Å². The number of esters is 1. The summed E-state index contributed by atoms with van der Waals surface area (Å²) >= 11 is 3.13. The van der Waals surface area contributed by atoms with Crippen LogP contribution in [-0.2, 0) is 26.7 Å². The summed E-state index contributed by atoms with van der Waals surface area (Å²) in [6.07, 6.45) is -8.52. The zero-order valence-electron chi connectivity index (χ0n) is 14.0. The van der Waals surface area contributed by atoms with E-state index in [-0.39, 0.29) is 16.1 Å². The van der Waals surface area contributed by atoms with Crippen LogP contribution in [0.2, 0.25) is 0 Å². The van der Waals surface area contributed by atoms with E-state index in [0.29, 0.717) is 24.0 Å². The maximum absolute atomic E-state index is 13.1. The summed E-state index contributed by atoms with van der Waals surface area (Å²) in [6, 6.07) is 0.570. The molecule has 1 aliphatic heterocycles. The third-order valence-electron chi connectivity index (χ3n) is 3.20. The van der Waals surface area contributed by atoms with Gasteiger partial charge >= 0.3 is 18.3 Å². The molecule has 0 aromatic heterocycles. The largest absolute Gasteiger partial charge is 0.466 e. The van der Waals surface area contributed by atoms with Gasteiger partial charge in [-0.3, -0.25) is 10.1 Å². The number of methoxy groups -OCH3 is 1. The van der Waals surface area contributed by atoms with Gasteiger partial charge in [0, 0.05) is 16.1 Å². The number of amides is 1. The molecular weight excluding hydrogens is 496 g/mol. The average molecular weight is 504 g/mol. The molecular formula is C15H8BrF6N3O3S. The highest BCUT2D eigenvalue weighted by Crippen LogP contribution is 2.40. The predicted octanol–water partition coefficient (Wildman–Crippen LogP) is 4.10. The normalized spacial score (nSPS) is 18.0. The van der Waals surface area contributed by atoms with Crippen molar-refractivity contribution in [3.05, 3.63) is 44.3 Å². The molecule has 6 nitrogen and oxygen atoms in total. The molecule has 29 heavy (non-hydrogen) atoms. The molecule has 14 heteroatoms. The molecule has 1 heterocycles. The molecule has 1 N–H and O–H groups in total. The molecule has 0 radical (unpaired) electrons. The first kappa shape index (κ1) is 22.9. The van der Waals surface area contributed by atoms with Crippen LogP contribution in [0.15, 0.2) is 37.8 Å². The molecule has 0 atom stereocenters. The fourth-order valence-corrected chi connectivity index (χ4v) is 3.25. The Balaban J connectivity index is 2.37. The van der Waals surface area contributed by atoms with Gasteiger partial charge in [0.15, 0.2) is 5.17 Å². The lowest BCUT2D eigenvalue weighted by molar-refractivity contribution is -0.141. The Bertz CT molecular complexity index is 940. The first-order valence-corrected chi connectivity index (χ1v) is 8.81. The van der Waals surface area contributed by atoms with Crippen LogP contribution in [0.5, 0.6) is 0 Å². The zero-order valence-corrected chi connectivity index (χ0v) is 16.4. The Morgan fingerprint density at radius 1 is 1.17 bits per heavy atom. The summed E-state index contributed by atoms with van der Waals surface area (Å²) in [5.74, 6) is -1.55. The number of amidine groups is 1. The molecule has 1 fully saturated rings. The molecule has 0 aliphatic carbocycles. The minimum Gasteiger partial charge on any atom is -0.466 e. The number of carbonyl (C=O) groups is 2. The summed E-state index contributed by atoms with van der Waals surface area (Å²) in [5, 5.41) is 8.77. The van der Waals surface area contributed by atoms with E-state index in [4.69, 9.17) is 0 Å². The number of benzene rings is 1. The van der Waals surface area contributed by atoms with Crippen LogP contribution < -0.4 is 5.32 Å². The SMILES string of the molecule is COC(=O)/C=C1/S/C(=N\N=Cc2cc(C(F)(F)F)c(Br)cc2C(F)(F)F)NC1=O. The van der Waals surface area contributed by atoms with E-state index in [1.54, 1.807) is 0 Å². The second kappa shape index (κ2) is 8.57. The number of halogens is 7. The minimum atomic E-state index is -4.95. The van der Waals surface area contributed by atoms with Gasteiger partial charge in [-0.2, -0.15) is 31.4 Å². The topological polar surface area (TPSA) is 80.1 Å². The van der Waals surface area contributed by atoms with Crippen LogP contribution in [0, 0.1) is 0 Å². The quantitative estimate of drug-likeness (QED) is 0.221. The Kier molecular flexibility index (Phi) is 6.78. The van der Waals surface area contributed by atoms with Gasteiger partial charge in [-0.15, -0.1) is 5.10 Å². The van der Waals surface area contributed by atoms with Gasteiger partial charge in [0.1, 0.15) is 0 Å². The molecule has 2 rings (SSSR count). The Labute approximate surface area is 171 Å². The predicted molar refractivity (Wildman–Crippen MR) is 95.0 cm³/mol. The van der Waals surface area contributed by atoms with Crippen LogP contribution in [0.4, 0.5) is 26.3 Å². The van der Waals surface area contributed by atoms with Crippen LogP contribution >= 0.6 is 27.7 Å². The first-order valence-electron chi connectivity index (χ1n) is 7.20. The number of hydrogen-bond acceptors (Lipinski definition) is 6. The lowest BCUT2D eigenvalue weighted by atomic mass is 10.0. The van der Waals surface area contributed by atoms with Gasteiger partial charge in [-0.05, 0) is 23.9 Å². The van der Waals surface area contributed by atoms with Crippen molar-refractivity contribution in [2.75, 3.05) is 7.11 Å². The van der Waals surface area contributed by atoms with Crippen molar-refractivity contribution < 1.29 is 40.7 Å². The highest BCUT2D eigenvalue weighted by atomic mass is 79.9. The summed E-state index contributed by atoms with van der Waals surface area (Å²) in [4.78, 5) is 22.6. The maximum Gasteiger partial charge on any atom is 0.417 e. The Hall–Kier alpha value is -2.35. The first-order chi connectivity index (χ1) is 13.3. The lowest BCUT2D eigenvalue weighted by Crippen LogP contribution is -2.19. The van der Waals surface area contributed by atoms with Crippen molar-refractivity contribution in [2.45, 2.75) is 12.4 Å². The van der Waals surface area contributed by atoms with E-state index >= 15 is 0 Å². The molecule has 0 spiro atoms. The monoisotopic (exact) mass is 503 g/mol. The van der Waals surface area contributed by atoms with Gasteiger partial charge < -0.3 is 4.74 Å². The molecule has 1 amide bonds. The summed E-state index contributed by atoms with van der Waals surface area (Å²) in [7, 11) is 1.09. The molecule has 1 aliphatic rings. The van der Waals surface area contributed by atoms with Crippen molar-refractivity contribution >= 4 is 51.0 Å².